The molecule has 0 amide bonds. The molecule has 4 heteroatoms. The van der Waals surface area contributed by atoms with Gasteiger partial charge in [-0.25, -0.2) is 0 Å². The van der Waals surface area contributed by atoms with Crippen LogP contribution in [0.3, 0.4) is 0 Å². The highest BCUT2D eigenvalue weighted by atomic mass is 35.5. The van der Waals surface area contributed by atoms with E-state index in [0.29, 0.717) is 17.3 Å². The first-order chi connectivity index (χ1) is 9.72. The van der Waals surface area contributed by atoms with Crippen LogP contribution in [0.15, 0.2) is 30.3 Å². The van der Waals surface area contributed by atoms with Crippen LogP contribution in [0.1, 0.15) is 11.1 Å². The minimum atomic E-state index is 0.473. The van der Waals surface area contributed by atoms with Crippen LogP contribution in [-0.2, 0) is 13.0 Å². The Morgan fingerprint density at radius 2 is 2.10 bits per heavy atom. The van der Waals surface area contributed by atoms with Crippen molar-refractivity contribution in [3.63, 3.8) is 0 Å². The van der Waals surface area contributed by atoms with Crippen molar-refractivity contribution in [3.8, 4) is 22.6 Å². The lowest BCUT2D eigenvalue weighted by Crippen LogP contribution is -2.00. The maximum absolute atomic E-state index is 6.07. The van der Waals surface area contributed by atoms with Crippen LogP contribution in [0.4, 0.5) is 0 Å². The molecule has 20 heavy (non-hydrogen) atoms. The van der Waals surface area contributed by atoms with E-state index in [1.165, 1.54) is 5.56 Å². The van der Waals surface area contributed by atoms with Gasteiger partial charge in [-0.3, -0.25) is 0 Å². The van der Waals surface area contributed by atoms with Gasteiger partial charge in [-0.05, 0) is 41.0 Å². The number of methoxy groups -OCH3 is 1. The number of rotatable bonds is 3. The van der Waals surface area contributed by atoms with Gasteiger partial charge in [0.05, 0.1) is 18.7 Å². The molecule has 0 aliphatic carbocycles. The predicted molar refractivity (Wildman–Crippen MR) is 80.5 cm³/mol. The van der Waals surface area contributed by atoms with E-state index in [1.54, 1.807) is 7.11 Å². The molecule has 3 nitrogen and oxygen atoms in total. The molecule has 0 saturated heterocycles. The van der Waals surface area contributed by atoms with Crippen LogP contribution in [-0.4, -0.2) is 13.7 Å². The van der Waals surface area contributed by atoms with Gasteiger partial charge in [0.15, 0.2) is 0 Å². The SMILES string of the molecule is COc1cc(-c2cc(CN)c3c(c2)CCO3)ccc1Cl. The molecular weight excluding hydrogens is 274 g/mol. The molecule has 0 spiro atoms. The lowest BCUT2D eigenvalue weighted by atomic mass is 9.98. The van der Waals surface area contributed by atoms with Gasteiger partial charge in [-0.15, -0.1) is 0 Å². The van der Waals surface area contributed by atoms with Crippen LogP contribution in [0.2, 0.25) is 5.02 Å². The van der Waals surface area contributed by atoms with Crippen molar-refractivity contribution >= 4 is 11.6 Å². The fraction of sp³-hybridized carbons (Fsp3) is 0.250. The summed E-state index contributed by atoms with van der Waals surface area (Å²) in [6, 6.07) is 10.0. The summed E-state index contributed by atoms with van der Waals surface area (Å²) in [6.45, 7) is 1.20. The third-order valence-corrected chi connectivity index (χ3v) is 3.88. The molecular formula is C16H16ClNO2. The number of ether oxygens (including phenoxy) is 2. The summed E-state index contributed by atoms with van der Waals surface area (Å²) < 4.78 is 10.9. The van der Waals surface area contributed by atoms with Crippen molar-refractivity contribution < 1.29 is 9.47 Å². The normalized spacial score (nSPS) is 12.9. The van der Waals surface area contributed by atoms with Crippen LogP contribution >= 0.6 is 11.6 Å². The van der Waals surface area contributed by atoms with Gasteiger partial charge < -0.3 is 15.2 Å². The quantitative estimate of drug-likeness (QED) is 0.942. The van der Waals surface area contributed by atoms with Crippen molar-refractivity contribution in [2.45, 2.75) is 13.0 Å². The largest absolute Gasteiger partial charge is 0.495 e. The molecule has 0 radical (unpaired) electrons. The minimum absolute atomic E-state index is 0.473. The lowest BCUT2D eigenvalue weighted by molar-refractivity contribution is 0.353. The molecule has 0 unspecified atom stereocenters. The summed E-state index contributed by atoms with van der Waals surface area (Å²) in [4.78, 5) is 0. The first-order valence-electron chi connectivity index (χ1n) is 6.55. The highest BCUT2D eigenvalue weighted by Crippen LogP contribution is 2.36. The Bertz CT molecular complexity index is 655. The molecule has 1 aliphatic rings. The monoisotopic (exact) mass is 289 g/mol. The summed E-state index contributed by atoms with van der Waals surface area (Å²) in [5.41, 5.74) is 10.3. The van der Waals surface area contributed by atoms with Crippen LogP contribution in [0.5, 0.6) is 11.5 Å². The highest BCUT2D eigenvalue weighted by molar-refractivity contribution is 6.32. The van der Waals surface area contributed by atoms with Gasteiger partial charge in [-0.2, -0.15) is 0 Å². The first-order valence-corrected chi connectivity index (χ1v) is 6.93. The molecule has 2 aromatic rings. The van der Waals surface area contributed by atoms with Crippen molar-refractivity contribution in [2.75, 3.05) is 13.7 Å². The third-order valence-electron chi connectivity index (χ3n) is 3.56. The van der Waals surface area contributed by atoms with E-state index in [-0.39, 0.29) is 0 Å². The molecule has 0 bridgehead atoms. The average molecular weight is 290 g/mol. The number of benzene rings is 2. The zero-order valence-corrected chi connectivity index (χ0v) is 12.0. The Labute approximate surface area is 123 Å². The number of fused-ring (bicyclic) bond motifs is 1. The summed E-state index contributed by atoms with van der Waals surface area (Å²) in [5, 5.41) is 0.611. The molecule has 0 saturated carbocycles. The van der Waals surface area contributed by atoms with E-state index in [4.69, 9.17) is 26.8 Å². The Balaban J connectivity index is 2.10. The number of halogens is 1. The smallest absolute Gasteiger partial charge is 0.138 e. The van der Waals surface area contributed by atoms with E-state index in [1.807, 2.05) is 18.2 Å². The minimum Gasteiger partial charge on any atom is -0.495 e. The highest BCUT2D eigenvalue weighted by Gasteiger charge is 2.18. The Kier molecular flexibility index (Phi) is 3.55. The van der Waals surface area contributed by atoms with E-state index in [2.05, 4.69) is 12.1 Å². The van der Waals surface area contributed by atoms with Gasteiger partial charge >= 0.3 is 0 Å². The predicted octanol–water partition coefficient (Wildman–Crippen LogP) is 3.41. The number of nitrogens with two attached hydrogens (primary N) is 1. The molecule has 104 valence electrons. The zero-order valence-electron chi connectivity index (χ0n) is 11.3. The van der Waals surface area contributed by atoms with Gasteiger partial charge in [0, 0.05) is 18.5 Å². The van der Waals surface area contributed by atoms with Crippen LogP contribution < -0.4 is 15.2 Å². The average Bonchev–Trinajstić information content (AvgIpc) is 2.95. The van der Waals surface area contributed by atoms with Gasteiger partial charge in [0.2, 0.25) is 0 Å². The summed E-state index contributed by atoms with van der Waals surface area (Å²) in [6.07, 6.45) is 0.931. The lowest BCUT2D eigenvalue weighted by Gasteiger charge is -2.11. The molecule has 0 atom stereocenters. The molecule has 1 aliphatic heterocycles. The van der Waals surface area contributed by atoms with Gasteiger partial charge in [0.25, 0.3) is 0 Å². The number of hydrogen-bond acceptors (Lipinski definition) is 3. The van der Waals surface area contributed by atoms with Crippen molar-refractivity contribution in [3.05, 3.63) is 46.5 Å². The van der Waals surface area contributed by atoms with Crippen LogP contribution in [0, 0.1) is 0 Å². The maximum atomic E-state index is 6.07. The number of hydrogen-bond donors (Lipinski definition) is 1. The Morgan fingerprint density at radius 3 is 2.85 bits per heavy atom. The zero-order chi connectivity index (χ0) is 14.1. The van der Waals surface area contributed by atoms with E-state index in [0.717, 1.165) is 35.5 Å². The van der Waals surface area contributed by atoms with Crippen molar-refractivity contribution in [1.82, 2.24) is 0 Å². The topological polar surface area (TPSA) is 44.5 Å². The second-order valence-corrected chi connectivity index (χ2v) is 5.18. The standard InChI is InChI=1S/C16H16ClNO2/c1-19-15-8-10(2-3-14(15)17)12-6-11-4-5-20-16(11)13(7-12)9-18/h2-3,6-8H,4-5,9,18H2,1H3. The second-order valence-electron chi connectivity index (χ2n) is 4.78. The van der Waals surface area contributed by atoms with E-state index < -0.39 is 0 Å². The second kappa shape index (κ2) is 5.35. The molecule has 0 fully saturated rings. The Morgan fingerprint density at radius 1 is 1.25 bits per heavy atom. The van der Waals surface area contributed by atoms with Gasteiger partial charge in [-0.1, -0.05) is 17.7 Å². The first kappa shape index (κ1) is 13.3. The summed E-state index contributed by atoms with van der Waals surface area (Å²) in [5.74, 6) is 1.63. The molecule has 0 aromatic heterocycles. The molecule has 1 heterocycles. The molecule has 2 aromatic carbocycles. The molecule has 3 rings (SSSR count). The van der Waals surface area contributed by atoms with Crippen molar-refractivity contribution in [2.24, 2.45) is 5.73 Å². The maximum Gasteiger partial charge on any atom is 0.138 e. The summed E-state index contributed by atoms with van der Waals surface area (Å²) >= 11 is 6.07. The van der Waals surface area contributed by atoms with Crippen molar-refractivity contribution in [1.29, 1.82) is 0 Å². The van der Waals surface area contributed by atoms with Crippen LogP contribution in [0.25, 0.3) is 11.1 Å². The fourth-order valence-electron chi connectivity index (χ4n) is 2.55. The molecule has 2 N–H and O–H groups in total. The Hall–Kier alpha value is -1.71. The summed E-state index contributed by atoms with van der Waals surface area (Å²) in [7, 11) is 1.62. The van der Waals surface area contributed by atoms with Gasteiger partial charge in [0.1, 0.15) is 11.5 Å². The van der Waals surface area contributed by atoms with E-state index in [9.17, 15) is 0 Å². The fourth-order valence-corrected chi connectivity index (χ4v) is 2.74. The third kappa shape index (κ3) is 2.23. The van der Waals surface area contributed by atoms with E-state index >= 15 is 0 Å².